The van der Waals surface area contributed by atoms with E-state index in [1.165, 1.54) is 0 Å². The summed E-state index contributed by atoms with van der Waals surface area (Å²) in [6.45, 7) is 1.63. The van der Waals surface area contributed by atoms with Crippen molar-refractivity contribution in [2.24, 2.45) is 0 Å². The Labute approximate surface area is 120 Å². The molecule has 1 aliphatic heterocycles. The van der Waals surface area contributed by atoms with Crippen molar-refractivity contribution in [2.45, 2.75) is 18.4 Å². The van der Waals surface area contributed by atoms with Gasteiger partial charge in [0.15, 0.2) is 0 Å². The maximum atomic E-state index is 12.2. The SMILES string of the molecule is CN1CCC(C#N)(NC(=O)c2ccnc(Br)c2)CC1. The minimum atomic E-state index is -0.751. The van der Waals surface area contributed by atoms with Gasteiger partial charge in [0.25, 0.3) is 5.91 Å². The van der Waals surface area contributed by atoms with E-state index >= 15 is 0 Å². The third-order valence-corrected chi connectivity index (χ3v) is 3.83. The van der Waals surface area contributed by atoms with Gasteiger partial charge < -0.3 is 10.2 Å². The lowest BCUT2D eigenvalue weighted by Crippen LogP contribution is -2.53. The average molecular weight is 323 g/mol. The number of rotatable bonds is 2. The lowest BCUT2D eigenvalue weighted by molar-refractivity contribution is 0.0882. The Bertz CT molecular complexity index is 518. The molecular formula is C13H15BrN4O. The molecule has 0 bridgehead atoms. The zero-order valence-corrected chi connectivity index (χ0v) is 12.3. The van der Waals surface area contributed by atoms with Crippen LogP contribution in [0.3, 0.4) is 0 Å². The Kier molecular flexibility index (Phi) is 4.17. The number of nitrogens with one attached hydrogen (secondary N) is 1. The van der Waals surface area contributed by atoms with Crippen LogP contribution in [0.5, 0.6) is 0 Å². The van der Waals surface area contributed by atoms with Gasteiger partial charge in [0, 0.05) is 24.8 Å². The van der Waals surface area contributed by atoms with Gasteiger partial charge >= 0.3 is 0 Å². The number of aromatic nitrogens is 1. The van der Waals surface area contributed by atoms with Crippen LogP contribution in [0, 0.1) is 11.3 Å². The standard InChI is InChI=1S/C13H15BrN4O/c1-18-6-3-13(9-15,4-7-18)17-12(19)10-2-5-16-11(14)8-10/h2,5,8H,3-4,6-7H2,1H3,(H,17,19). The Hall–Kier alpha value is -1.45. The van der Waals surface area contributed by atoms with Gasteiger partial charge in [0.2, 0.25) is 0 Å². The van der Waals surface area contributed by atoms with Crippen molar-refractivity contribution < 1.29 is 4.79 Å². The summed E-state index contributed by atoms with van der Waals surface area (Å²) >= 11 is 3.23. The molecule has 1 amide bonds. The lowest BCUT2D eigenvalue weighted by Gasteiger charge is -2.35. The molecule has 1 aromatic rings. The molecule has 1 aromatic heterocycles. The van der Waals surface area contributed by atoms with Crippen molar-refractivity contribution in [3.8, 4) is 6.07 Å². The third kappa shape index (κ3) is 3.31. The number of halogens is 1. The van der Waals surface area contributed by atoms with Crippen LogP contribution in [0.15, 0.2) is 22.9 Å². The minimum Gasteiger partial charge on any atom is -0.334 e. The Morgan fingerprint density at radius 2 is 2.26 bits per heavy atom. The van der Waals surface area contributed by atoms with E-state index in [4.69, 9.17) is 0 Å². The second-order valence-corrected chi connectivity index (χ2v) is 5.63. The molecule has 6 heteroatoms. The summed E-state index contributed by atoms with van der Waals surface area (Å²) < 4.78 is 0.606. The molecule has 2 heterocycles. The van der Waals surface area contributed by atoms with Gasteiger partial charge in [-0.05, 0) is 48.0 Å². The van der Waals surface area contributed by atoms with E-state index in [-0.39, 0.29) is 5.91 Å². The summed E-state index contributed by atoms with van der Waals surface area (Å²) in [7, 11) is 2.02. The smallest absolute Gasteiger partial charge is 0.252 e. The van der Waals surface area contributed by atoms with Gasteiger partial charge in [-0.2, -0.15) is 5.26 Å². The van der Waals surface area contributed by atoms with Crippen LogP contribution in [0.25, 0.3) is 0 Å². The summed E-state index contributed by atoms with van der Waals surface area (Å²) in [4.78, 5) is 18.3. The highest BCUT2D eigenvalue weighted by Gasteiger charge is 2.35. The maximum Gasteiger partial charge on any atom is 0.252 e. The Morgan fingerprint density at radius 3 is 2.84 bits per heavy atom. The first-order chi connectivity index (χ1) is 9.04. The number of amides is 1. The number of carbonyl (C=O) groups excluding carboxylic acids is 1. The van der Waals surface area contributed by atoms with Crippen molar-refractivity contribution in [2.75, 3.05) is 20.1 Å². The van der Waals surface area contributed by atoms with E-state index in [2.05, 4.69) is 37.2 Å². The van der Waals surface area contributed by atoms with Crippen LogP contribution in [0.2, 0.25) is 0 Å². The van der Waals surface area contributed by atoms with Gasteiger partial charge in [0.05, 0.1) is 6.07 Å². The van der Waals surface area contributed by atoms with E-state index in [1.54, 1.807) is 18.3 Å². The summed E-state index contributed by atoms with van der Waals surface area (Å²) in [5.41, 5.74) is -0.241. The number of piperidine rings is 1. The largest absolute Gasteiger partial charge is 0.334 e. The lowest BCUT2D eigenvalue weighted by atomic mass is 9.89. The first-order valence-corrected chi connectivity index (χ1v) is 6.88. The van der Waals surface area contributed by atoms with Crippen molar-refractivity contribution in [3.05, 3.63) is 28.5 Å². The quantitative estimate of drug-likeness (QED) is 0.839. The fraction of sp³-hybridized carbons (Fsp3) is 0.462. The summed E-state index contributed by atoms with van der Waals surface area (Å²) in [6, 6.07) is 5.55. The molecule has 0 aliphatic carbocycles. The molecule has 5 nitrogen and oxygen atoms in total. The zero-order chi connectivity index (χ0) is 13.9. The normalized spacial score (nSPS) is 18.6. The molecule has 1 aliphatic rings. The van der Waals surface area contributed by atoms with Crippen molar-refractivity contribution in [1.29, 1.82) is 5.26 Å². The van der Waals surface area contributed by atoms with Crippen LogP contribution in [-0.4, -0.2) is 41.5 Å². The first kappa shape index (κ1) is 14.0. The Balaban J connectivity index is 2.11. The molecule has 0 atom stereocenters. The molecule has 0 unspecified atom stereocenters. The molecule has 0 saturated carbocycles. The summed E-state index contributed by atoms with van der Waals surface area (Å²) in [5.74, 6) is -0.228. The van der Waals surface area contributed by atoms with Crippen LogP contribution < -0.4 is 5.32 Å². The highest BCUT2D eigenvalue weighted by molar-refractivity contribution is 9.10. The molecule has 2 rings (SSSR count). The van der Waals surface area contributed by atoms with Crippen molar-refractivity contribution in [1.82, 2.24) is 15.2 Å². The third-order valence-electron chi connectivity index (χ3n) is 3.40. The molecule has 0 spiro atoms. The maximum absolute atomic E-state index is 12.2. The zero-order valence-electron chi connectivity index (χ0n) is 10.7. The average Bonchev–Trinajstić information content (AvgIpc) is 2.42. The predicted molar refractivity (Wildman–Crippen MR) is 74.5 cm³/mol. The molecule has 1 saturated heterocycles. The highest BCUT2D eigenvalue weighted by atomic mass is 79.9. The monoisotopic (exact) mass is 322 g/mol. The molecular weight excluding hydrogens is 308 g/mol. The van der Waals surface area contributed by atoms with Crippen LogP contribution in [0.4, 0.5) is 0 Å². The van der Waals surface area contributed by atoms with Crippen molar-refractivity contribution in [3.63, 3.8) is 0 Å². The van der Waals surface area contributed by atoms with Gasteiger partial charge in [-0.3, -0.25) is 4.79 Å². The van der Waals surface area contributed by atoms with Crippen LogP contribution in [0.1, 0.15) is 23.2 Å². The molecule has 0 aromatic carbocycles. The van der Waals surface area contributed by atoms with Gasteiger partial charge in [0.1, 0.15) is 10.1 Å². The van der Waals surface area contributed by atoms with E-state index in [9.17, 15) is 10.1 Å². The number of nitrogens with zero attached hydrogens (tertiary/aromatic N) is 3. The number of likely N-dealkylation sites (tertiary alicyclic amines) is 1. The molecule has 19 heavy (non-hydrogen) atoms. The number of hydrogen-bond acceptors (Lipinski definition) is 4. The van der Waals surface area contributed by atoms with Crippen molar-refractivity contribution >= 4 is 21.8 Å². The number of carbonyl (C=O) groups is 1. The molecule has 100 valence electrons. The van der Waals surface area contributed by atoms with E-state index in [0.717, 1.165) is 13.1 Å². The number of hydrogen-bond donors (Lipinski definition) is 1. The molecule has 1 fully saturated rings. The first-order valence-electron chi connectivity index (χ1n) is 6.08. The number of nitriles is 1. The summed E-state index contributed by atoms with van der Waals surface area (Å²) in [6.07, 6.45) is 2.86. The topological polar surface area (TPSA) is 69.0 Å². The molecule has 0 radical (unpaired) electrons. The van der Waals surface area contributed by atoms with Gasteiger partial charge in [-0.25, -0.2) is 4.98 Å². The van der Waals surface area contributed by atoms with E-state index in [0.29, 0.717) is 23.0 Å². The van der Waals surface area contributed by atoms with Crippen LogP contribution in [-0.2, 0) is 0 Å². The van der Waals surface area contributed by atoms with Crippen LogP contribution >= 0.6 is 15.9 Å². The fourth-order valence-electron chi connectivity index (χ4n) is 2.10. The second kappa shape index (κ2) is 5.68. The molecule has 1 N–H and O–H groups in total. The van der Waals surface area contributed by atoms with Gasteiger partial charge in [-0.1, -0.05) is 0 Å². The minimum absolute atomic E-state index is 0.228. The van der Waals surface area contributed by atoms with E-state index < -0.39 is 5.54 Å². The summed E-state index contributed by atoms with van der Waals surface area (Å²) in [5, 5.41) is 12.2. The van der Waals surface area contributed by atoms with E-state index in [1.807, 2.05) is 7.05 Å². The van der Waals surface area contributed by atoms with Gasteiger partial charge in [-0.15, -0.1) is 0 Å². The fourth-order valence-corrected chi connectivity index (χ4v) is 2.46. The number of pyridine rings is 1. The predicted octanol–water partition coefficient (Wildman–Crippen LogP) is 1.56. The Morgan fingerprint density at radius 1 is 1.58 bits per heavy atom. The highest BCUT2D eigenvalue weighted by Crippen LogP contribution is 2.21. The second-order valence-electron chi connectivity index (χ2n) is 4.82.